The first kappa shape index (κ1) is 30.0. The standard InChI is InChI=1S/C46H37N3O/c1-5-7-15-30(14-6-2)44-45(41-26-31-16-8-9-17-32(31)29-48(41)47-44)49(34-23-25-43-38(28-34)36-19-11-13-21-42(36)50-43)33-22-24-40-37(27-33)35-18-10-12-20-39(35)46(40,3)4/h5,7-29H,1,6H2,2-4H3/b15-7-,30-14+. The zero-order valence-corrected chi connectivity index (χ0v) is 28.5. The summed E-state index contributed by atoms with van der Waals surface area (Å²) in [6, 6.07) is 41.4. The van der Waals surface area contributed by atoms with E-state index < -0.39 is 0 Å². The van der Waals surface area contributed by atoms with E-state index >= 15 is 0 Å². The van der Waals surface area contributed by atoms with Crippen LogP contribution in [0.4, 0.5) is 17.1 Å². The van der Waals surface area contributed by atoms with E-state index in [1.54, 1.807) is 0 Å². The molecule has 1 aliphatic rings. The third-order valence-corrected chi connectivity index (χ3v) is 10.2. The van der Waals surface area contributed by atoms with Crippen molar-refractivity contribution in [1.29, 1.82) is 0 Å². The highest BCUT2D eigenvalue weighted by Crippen LogP contribution is 2.52. The highest BCUT2D eigenvalue weighted by Gasteiger charge is 2.36. The molecule has 0 N–H and O–H groups in total. The van der Waals surface area contributed by atoms with Crippen LogP contribution in [0.25, 0.3) is 54.9 Å². The molecule has 0 atom stereocenters. The van der Waals surface area contributed by atoms with Gasteiger partial charge in [0.2, 0.25) is 0 Å². The molecule has 8 aromatic rings. The Labute approximate surface area is 291 Å². The minimum atomic E-state index is -0.0924. The van der Waals surface area contributed by atoms with Crippen LogP contribution in [0.3, 0.4) is 0 Å². The van der Waals surface area contributed by atoms with E-state index in [0.717, 1.165) is 73.0 Å². The molecule has 1 aliphatic carbocycles. The van der Waals surface area contributed by atoms with E-state index in [0.29, 0.717) is 0 Å². The molecule has 4 heteroatoms. The minimum absolute atomic E-state index is 0.0924. The monoisotopic (exact) mass is 647 g/mol. The Morgan fingerprint density at radius 3 is 2.36 bits per heavy atom. The highest BCUT2D eigenvalue weighted by atomic mass is 16.3. The molecule has 50 heavy (non-hydrogen) atoms. The fourth-order valence-electron chi connectivity index (χ4n) is 7.87. The Morgan fingerprint density at radius 1 is 0.780 bits per heavy atom. The molecule has 9 rings (SSSR count). The lowest BCUT2D eigenvalue weighted by Gasteiger charge is -2.27. The minimum Gasteiger partial charge on any atom is -0.456 e. The summed E-state index contributed by atoms with van der Waals surface area (Å²) >= 11 is 0. The maximum atomic E-state index is 6.30. The number of fused-ring (bicyclic) bond motifs is 8. The van der Waals surface area contributed by atoms with Crippen molar-refractivity contribution in [3.8, 4) is 11.1 Å². The number of rotatable bonds is 7. The first-order valence-corrected chi connectivity index (χ1v) is 17.3. The lowest BCUT2D eigenvalue weighted by molar-refractivity contribution is 0.660. The summed E-state index contributed by atoms with van der Waals surface area (Å²) in [6.07, 6.45) is 11.2. The zero-order valence-electron chi connectivity index (χ0n) is 28.5. The van der Waals surface area contributed by atoms with Crippen LogP contribution in [0.1, 0.15) is 44.0 Å². The number of aromatic nitrogens is 2. The predicted octanol–water partition coefficient (Wildman–Crippen LogP) is 12.7. The van der Waals surface area contributed by atoms with E-state index in [4.69, 9.17) is 9.52 Å². The van der Waals surface area contributed by atoms with Crippen LogP contribution in [0.2, 0.25) is 0 Å². The number of pyridine rings is 1. The summed E-state index contributed by atoms with van der Waals surface area (Å²) in [5.41, 5.74) is 13.0. The SMILES string of the molecule is C=C/C=C\C(=C/CC)c1nn2cc3ccccc3cc2c1N(c1ccc2c(c1)-c1ccccc1C2(C)C)c1ccc2oc3ccccc3c2c1. The molecule has 0 fully saturated rings. The second-order valence-electron chi connectivity index (χ2n) is 13.6. The highest BCUT2D eigenvalue weighted by molar-refractivity contribution is 6.07. The van der Waals surface area contributed by atoms with E-state index in [1.165, 1.54) is 22.3 Å². The van der Waals surface area contributed by atoms with Gasteiger partial charge in [-0.05, 0) is 76.5 Å². The van der Waals surface area contributed by atoms with E-state index in [2.05, 4.69) is 154 Å². The van der Waals surface area contributed by atoms with Crippen molar-refractivity contribution < 1.29 is 4.42 Å². The van der Waals surface area contributed by atoms with Crippen molar-refractivity contribution in [2.75, 3.05) is 4.90 Å². The van der Waals surface area contributed by atoms with Gasteiger partial charge in [0.1, 0.15) is 22.5 Å². The Morgan fingerprint density at radius 2 is 1.50 bits per heavy atom. The quantitative estimate of drug-likeness (QED) is 0.161. The van der Waals surface area contributed by atoms with Crippen LogP contribution in [0.15, 0.2) is 157 Å². The summed E-state index contributed by atoms with van der Waals surface area (Å²) < 4.78 is 8.34. The molecule has 3 aromatic heterocycles. The van der Waals surface area contributed by atoms with Gasteiger partial charge in [-0.2, -0.15) is 5.10 Å². The van der Waals surface area contributed by atoms with Crippen molar-refractivity contribution in [2.45, 2.75) is 32.6 Å². The summed E-state index contributed by atoms with van der Waals surface area (Å²) in [5.74, 6) is 0. The molecule has 0 unspecified atom stereocenters. The topological polar surface area (TPSA) is 33.7 Å². The first-order valence-electron chi connectivity index (χ1n) is 17.3. The van der Waals surface area contributed by atoms with Gasteiger partial charge in [0, 0.05) is 44.7 Å². The van der Waals surface area contributed by atoms with Crippen LogP contribution in [0, 0.1) is 0 Å². The average Bonchev–Trinajstić information content (AvgIpc) is 3.77. The van der Waals surface area contributed by atoms with Gasteiger partial charge in [0.25, 0.3) is 0 Å². The number of hydrogen-bond acceptors (Lipinski definition) is 3. The lowest BCUT2D eigenvalue weighted by Crippen LogP contribution is -2.15. The molecule has 0 saturated heterocycles. The second kappa shape index (κ2) is 11.5. The Kier molecular flexibility index (Phi) is 6.89. The number of anilines is 3. The molecule has 0 bridgehead atoms. The van der Waals surface area contributed by atoms with E-state index in [9.17, 15) is 0 Å². The molecule has 0 amide bonds. The maximum absolute atomic E-state index is 6.30. The van der Waals surface area contributed by atoms with Gasteiger partial charge in [0.05, 0.1) is 5.52 Å². The largest absolute Gasteiger partial charge is 0.456 e. The van der Waals surface area contributed by atoms with Gasteiger partial charge < -0.3 is 9.32 Å². The van der Waals surface area contributed by atoms with Crippen molar-refractivity contribution in [1.82, 2.24) is 9.61 Å². The fourth-order valence-corrected chi connectivity index (χ4v) is 7.87. The van der Waals surface area contributed by atoms with Gasteiger partial charge >= 0.3 is 0 Å². The molecule has 0 spiro atoms. The van der Waals surface area contributed by atoms with Crippen LogP contribution in [0.5, 0.6) is 0 Å². The van der Waals surface area contributed by atoms with Gasteiger partial charge in [-0.1, -0.05) is 124 Å². The van der Waals surface area contributed by atoms with Crippen molar-refractivity contribution in [3.05, 3.63) is 169 Å². The van der Waals surface area contributed by atoms with Crippen LogP contribution >= 0.6 is 0 Å². The van der Waals surface area contributed by atoms with Gasteiger partial charge in [0.15, 0.2) is 0 Å². The molecule has 0 aliphatic heterocycles. The molecule has 0 saturated carbocycles. The summed E-state index contributed by atoms with van der Waals surface area (Å²) in [6.45, 7) is 10.8. The normalized spacial score (nSPS) is 13.9. The first-order chi connectivity index (χ1) is 24.5. The summed E-state index contributed by atoms with van der Waals surface area (Å²) in [4.78, 5) is 2.40. The fraction of sp³-hybridized carbons (Fsp3) is 0.109. The zero-order chi connectivity index (χ0) is 34.0. The van der Waals surface area contributed by atoms with Crippen LogP contribution in [-0.4, -0.2) is 9.61 Å². The number of hydrogen-bond donors (Lipinski definition) is 0. The van der Waals surface area contributed by atoms with Crippen molar-refractivity contribution >= 4 is 60.9 Å². The van der Waals surface area contributed by atoms with Crippen LogP contribution < -0.4 is 4.90 Å². The molecule has 5 aromatic carbocycles. The maximum Gasteiger partial charge on any atom is 0.135 e. The molecule has 3 heterocycles. The van der Waals surface area contributed by atoms with Gasteiger partial charge in [-0.15, -0.1) is 0 Å². The number of para-hydroxylation sites is 1. The third kappa shape index (κ3) is 4.56. The Balaban J connectivity index is 1.39. The van der Waals surface area contributed by atoms with E-state index in [1.807, 2.05) is 28.8 Å². The molecule has 0 radical (unpaired) electrons. The number of benzene rings is 5. The lowest BCUT2D eigenvalue weighted by atomic mass is 9.82. The average molecular weight is 648 g/mol. The smallest absolute Gasteiger partial charge is 0.135 e. The van der Waals surface area contributed by atoms with E-state index in [-0.39, 0.29) is 5.41 Å². The third-order valence-electron chi connectivity index (χ3n) is 10.2. The van der Waals surface area contributed by atoms with Crippen molar-refractivity contribution in [2.24, 2.45) is 0 Å². The number of nitrogens with zero attached hydrogens (tertiary/aromatic N) is 3. The number of furan rings is 1. The Bertz CT molecular complexity index is 2700. The van der Waals surface area contributed by atoms with Gasteiger partial charge in [-0.25, -0.2) is 4.52 Å². The van der Waals surface area contributed by atoms with Crippen LogP contribution in [-0.2, 0) is 5.41 Å². The molecular weight excluding hydrogens is 611 g/mol. The second-order valence-corrected chi connectivity index (χ2v) is 13.6. The molecule has 242 valence electrons. The summed E-state index contributed by atoms with van der Waals surface area (Å²) in [5, 5.41) is 9.82. The predicted molar refractivity (Wildman–Crippen MR) is 210 cm³/mol. The number of allylic oxidation sites excluding steroid dienone is 5. The van der Waals surface area contributed by atoms with Gasteiger partial charge in [-0.3, -0.25) is 0 Å². The van der Waals surface area contributed by atoms with Crippen molar-refractivity contribution in [3.63, 3.8) is 0 Å². The summed E-state index contributed by atoms with van der Waals surface area (Å²) in [7, 11) is 0. The molecular formula is C46H37N3O. The molecule has 4 nitrogen and oxygen atoms in total. The Hall–Kier alpha value is -6.13.